The van der Waals surface area contributed by atoms with E-state index in [1.54, 1.807) is 20.1 Å². The molecule has 1 aromatic heterocycles. The number of benzene rings is 1. The number of anilines is 1. The predicted molar refractivity (Wildman–Crippen MR) is 89.7 cm³/mol. The van der Waals surface area contributed by atoms with Crippen LogP contribution in [0, 0.1) is 6.92 Å². The second-order valence-corrected chi connectivity index (χ2v) is 5.52. The van der Waals surface area contributed by atoms with E-state index in [0.29, 0.717) is 23.9 Å². The summed E-state index contributed by atoms with van der Waals surface area (Å²) in [6.45, 7) is 6.19. The lowest BCUT2D eigenvalue weighted by atomic mass is 10.2. The summed E-state index contributed by atoms with van der Waals surface area (Å²) in [5, 5.41) is 6.04. The number of methoxy groups -OCH3 is 1. The lowest BCUT2D eigenvalue weighted by Crippen LogP contribution is -2.31. The van der Waals surface area contributed by atoms with Crippen LogP contribution in [0.15, 0.2) is 30.3 Å². The number of carbonyl (C=O) groups excluding carboxylic acids is 1. The molecule has 0 bridgehead atoms. The monoisotopic (exact) mass is 314 g/mol. The summed E-state index contributed by atoms with van der Waals surface area (Å²) in [6, 6.07) is 9.49. The minimum Gasteiger partial charge on any atom is -0.497 e. The first kappa shape index (κ1) is 16.7. The van der Waals surface area contributed by atoms with Gasteiger partial charge < -0.3 is 15.4 Å². The maximum atomic E-state index is 12.1. The van der Waals surface area contributed by atoms with E-state index < -0.39 is 0 Å². The van der Waals surface area contributed by atoms with Gasteiger partial charge in [-0.25, -0.2) is 9.97 Å². The van der Waals surface area contributed by atoms with Gasteiger partial charge in [-0.1, -0.05) is 12.1 Å². The van der Waals surface area contributed by atoms with E-state index in [4.69, 9.17) is 4.74 Å². The zero-order chi connectivity index (χ0) is 16.8. The molecular weight excluding hydrogens is 292 g/mol. The van der Waals surface area contributed by atoms with Crippen molar-refractivity contribution in [1.82, 2.24) is 15.3 Å². The molecule has 6 heteroatoms. The van der Waals surface area contributed by atoms with Crippen molar-refractivity contribution < 1.29 is 9.53 Å². The molecule has 0 aliphatic heterocycles. The normalized spacial score (nSPS) is 10.5. The van der Waals surface area contributed by atoms with Gasteiger partial charge in [0.15, 0.2) is 0 Å². The SMILES string of the molecule is COc1ccc(CNc2cc(C(=O)NC(C)C)nc(C)n2)cc1. The van der Waals surface area contributed by atoms with Crippen LogP contribution in [0.5, 0.6) is 5.75 Å². The van der Waals surface area contributed by atoms with Crippen molar-refractivity contribution in [2.24, 2.45) is 0 Å². The Morgan fingerprint density at radius 2 is 1.91 bits per heavy atom. The highest BCUT2D eigenvalue weighted by Crippen LogP contribution is 2.13. The molecule has 0 aliphatic carbocycles. The Bertz CT molecular complexity index is 669. The van der Waals surface area contributed by atoms with Gasteiger partial charge in [0.25, 0.3) is 5.91 Å². The van der Waals surface area contributed by atoms with Crippen molar-refractivity contribution in [2.45, 2.75) is 33.4 Å². The van der Waals surface area contributed by atoms with E-state index in [2.05, 4.69) is 20.6 Å². The topological polar surface area (TPSA) is 76.1 Å². The van der Waals surface area contributed by atoms with Gasteiger partial charge in [0.1, 0.15) is 23.1 Å². The molecule has 2 aromatic rings. The standard InChI is InChI=1S/C17H22N4O2/c1-11(2)19-17(22)15-9-16(21-12(3)20-15)18-10-13-5-7-14(23-4)8-6-13/h5-9,11H,10H2,1-4H3,(H,19,22)(H,18,20,21). The third kappa shape index (κ3) is 4.95. The third-order valence-corrected chi connectivity index (χ3v) is 3.12. The number of aryl methyl sites for hydroxylation is 1. The number of hydrogen-bond donors (Lipinski definition) is 2. The van der Waals surface area contributed by atoms with E-state index in [1.165, 1.54) is 0 Å². The molecular formula is C17H22N4O2. The Morgan fingerprint density at radius 3 is 2.52 bits per heavy atom. The fourth-order valence-corrected chi connectivity index (χ4v) is 2.05. The quantitative estimate of drug-likeness (QED) is 0.857. The summed E-state index contributed by atoms with van der Waals surface area (Å²) >= 11 is 0. The number of nitrogens with zero attached hydrogens (tertiary/aromatic N) is 2. The lowest BCUT2D eigenvalue weighted by molar-refractivity contribution is 0.0937. The molecule has 0 unspecified atom stereocenters. The van der Waals surface area contributed by atoms with Crippen LogP contribution in [0.4, 0.5) is 5.82 Å². The molecule has 0 saturated heterocycles. The van der Waals surface area contributed by atoms with Crippen LogP contribution in [-0.4, -0.2) is 29.0 Å². The Labute approximate surface area is 136 Å². The second-order valence-electron chi connectivity index (χ2n) is 5.52. The highest BCUT2D eigenvalue weighted by atomic mass is 16.5. The van der Waals surface area contributed by atoms with E-state index >= 15 is 0 Å². The molecule has 0 aliphatic rings. The number of ether oxygens (including phenoxy) is 1. The van der Waals surface area contributed by atoms with Gasteiger partial charge >= 0.3 is 0 Å². The van der Waals surface area contributed by atoms with Gasteiger partial charge in [-0.15, -0.1) is 0 Å². The Balaban J connectivity index is 2.07. The average Bonchev–Trinajstić information content (AvgIpc) is 2.52. The Kier molecular flexibility index (Phi) is 5.51. The molecule has 2 N–H and O–H groups in total. The highest BCUT2D eigenvalue weighted by molar-refractivity contribution is 5.93. The first-order valence-corrected chi connectivity index (χ1v) is 7.51. The van der Waals surface area contributed by atoms with E-state index in [1.807, 2.05) is 38.1 Å². The Morgan fingerprint density at radius 1 is 1.22 bits per heavy atom. The number of amides is 1. The van der Waals surface area contributed by atoms with Crippen LogP contribution in [-0.2, 0) is 6.54 Å². The van der Waals surface area contributed by atoms with E-state index in [0.717, 1.165) is 11.3 Å². The van der Waals surface area contributed by atoms with Crippen LogP contribution in [0.3, 0.4) is 0 Å². The van der Waals surface area contributed by atoms with Gasteiger partial charge in [0.2, 0.25) is 0 Å². The van der Waals surface area contributed by atoms with Crippen molar-refractivity contribution in [3.05, 3.63) is 47.4 Å². The van der Waals surface area contributed by atoms with Crippen LogP contribution in [0.25, 0.3) is 0 Å². The first-order chi connectivity index (χ1) is 11.0. The maximum absolute atomic E-state index is 12.1. The van der Waals surface area contributed by atoms with Gasteiger partial charge in [0, 0.05) is 18.7 Å². The molecule has 1 heterocycles. The van der Waals surface area contributed by atoms with E-state index in [-0.39, 0.29) is 11.9 Å². The molecule has 1 aromatic carbocycles. The molecule has 0 atom stereocenters. The van der Waals surface area contributed by atoms with Crippen molar-refractivity contribution >= 4 is 11.7 Å². The van der Waals surface area contributed by atoms with Crippen molar-refractivity contribution in [3.63, 3.8) is 0 Å². The molecule has 23 heavy (non-hydrogen) atoms. The van der Waals surface area contributed by atoms with Crippen molar-refractivity contribution in [3.8, 4) is 5.75 Å². The average molecular weight is 314 g/mol. The van der Waals surface area contributed by atoms with E-state index in [9.17, 15) is 4.79 Å². The number of rotatable bonds is 6. The summed E-state index contributed by atoms with van der Waals surface area (Å²) in [6.07, 6.45) is 0. The zero-order valence-electron chi connectivity index (χ0n) is 13.9. The maximum Gasteiger partial charge on any atom is 0.270 e. The lowest BCUT2D eigenvalue weighted by Gasteiger charge is -2.11. The van der Waals surface area contributed by atoms with Gasteiger partial charge in [-0.05, 0) is 38.5 Å². The molecule has 0 saturated carbocycles. The second kappa shape index (κ2) is 7.58. The van der Waals surface area contributed by atoms with Gasteiger partial charge in [-0.2, -0.15) is 0 Å². The third-order valence-electron chi connectivity index (χ3n) is 3.12. The molecule has 0 radical (unpaired) electrons. The summed E-state index contributed by atoms with van der Waals surface area (Å²) in [5.74, 6) is 1.80. The minimum atomic E-state index is -0.196. The number of carbonyl (C=O) groups is 1. The summed E-state index contributed by atoms with van der Waals surface area (Å²) in [4.78, 5) is 20.6. The minimum absolute atomic E-state index is 0.0634. The van der Waals surface area contributed by atoms with Crippen LogP contribution in [0.1, 0.15) is 35.7 Å². The van der Waals surface area contributed by atoms with Crippen LogP contribution >= 0.6 is 0 Å². The molecule has 122 valence electrons. The molecule has 1 amide bonds. The molecule has 2 rings (SSSR count). The Hall–Kier alpha value is -2.63. The number of hydrogen-bond acceptors (Lipinski definition) is 5. The largest absolute Gasteiger partial charge is 0.497 e. The van der Waals surface area contributed by atoms with Crippen molar-refractivity contribution in [1.29, 1.82) is 0 Å². The van der Waals surface area contributed by atoms with Crippen molar-refractivity contribution in [2.75, 3.05) is 12.4 Å². The number of aromatic nitrogens is 2. The highest BCUT2D eigenvalue weighted by Gasteiger charge is 2.11. The summed E-state index contributed by atoms with van der Waals surface area (Å²) in [5.41, 5.74) is 1.46. The fraction of sp³-hybridized carbons (Fsp3) is 0.353. The number of nitrogens with one attached hydrogen (secondary N) is 2. The van der Waals surface area contributed by atoms with Crippen LogP contribution in [0.2, 0.25) is 0 Å². The summed E-state index contributed by atoms with van der Waals surface area (Å²) in [7, 11) is 1.64. The predicted octanol–water partition coefficient (Wildman–Crippen LogP) is 2.54. The zero-order valence-corrected chi connectivity index (χ0v) is 13.9. The molecule has 0 fully saturated rings. The smallest absolute Gasteiger partial charge is 0.270 e. The first-order valence-electron chi connectivity index (χ1n) is 7.51. The molecule has 0 spiro atoms. The molecule has 6 nitrogen and oxygen atoms in total. The fourth-order valence-electron chi connectivity index (χ4n) is 2.05. The van der Waals surface area contributed by atoms with Gasteiger partial charge in [-0.3, -0.25) is 4.79 Å². The summed E-state index contributed by atoms with van der Waals surface area (Å²) < 4.78 is 5.14. The van der Waals surface area contributed by atoms with Crippen LogP contribution < -0.4 is 15.4 Å². The van der Waals surface area contributed by atoms with Gasteiger partial charge in [0.05, 0.1) is 7.11 Å².